The predicted octanol–water partition coefficient (Wildman–Crippen LogP) is 2.35. The van der Waals surface area contributed by atoms with E-state index in [0.717, 1.165) is 65.2 Å². The molecule has 0 unspecified atom stereocenters. The van der Waals surface area contributed by atoms with E-state index in [-0.39, 0.29) is 5.91 Å². The highest BCUT2D eigenvalue weighted by atomic mass is 16.5. The van der Waals surface area contributed by atoms with Crippen molar-refractivity contribution in [2.24, 2.45) is 13.0 Å². The van der Waals surface area contributed by atoms with Crippen LogP contribution in [-0.4, -0.2) is 64.7 Å². The Morgan fingerprint density at radius 3 is 2.39 bits per heavy atom. The number of aryl methyl sites for hydroxylation is 1. The Balaban J connectivity index is 1.24. The smallest absolute Gasteiger partial charge is 0.274 e. The molecule has 3 heterocycles. The van der Waals surface area contributed by atoms with Crippen molar-refractivity contribution in [2.75, 3.05) is 39.4 Å². The number of piperidine rings is 1. The van der Waals surface area contributed by atoms with Crippen molar-refractivity contribution in [1.82, 2.24) is 19.4 Å². The Labute approximate surface area is 167 Å². The van der Waals surface area contributed by atoms with Crippen molar-refractivity contribution >= 4 is 5.91 Å². The maximum Gasteiger partial charge on any atom is 0.274 e. The van der Waals surface area contributed by atoms with Gasteiger partial charge in [0, 0.05) is 46.0 Å². The van der Waals surface area contributed by atoms with E-state index in [9.17, 15) is 4.79 Å². The minimum atomic E-state index is 0.0616. The highest BCUT2D eigenvalue weighted by Gasteiger charge is 2.25. The molecule has 0 bridgehead atoms. The quantitative estimate of drug-likeness (QED) is 0.797. The van der Waals surface area contributed by atoms with Crippen LogP contribution in [0.2, 0.25) is 0 Å². The zero-order valence-corrected chi connectivity index (χ0v) is 16.7. The molecule has 1 aromatic carbocycles. The first kappa shape index (κ1) is 19.2. The number of carbonyl (C=O) groups is 1. The first-order valence-electron chi connectivity index (χ1n) is 10.3. The van der Waals surface area contributed by atoms with Crippen molar-refractivity contribution in [3.8, 4) is 0 Å². The Hall–Kier alpha value is -2.18. The minimum absolute atomic E-state index is 0.0616. The number of imidazole rings is 1. The fourth-order valence-electron chi connectivity index (χ4n) is 4.16. The third-order valence-electron chi connectivity index (χ3n) is 5.88. The van der Waals surface area contributed by atoms with E-state index in [1.54, 1.807) is 12.5 Å². The van der Waals surface area contributed by atoms with E-state index >= 15 is 0 Å². The molecule has 0 radical (unpaired) electrons. The van der Waals surface area contributed by atoms with E-state index < -0.39 is 0 Å². The van der Waals surface area contributed by atoms with Gasteiger partial charge in [0.1, 0.15) is 5.69 Å². The number of nitrogens with zero attached hydrogens (tertiary/aromatic N) is 4. The van der Waals surface area contributed by atoms with Crippen LogP contribution in [0.3, 0.4) is 0 Å². The molecule has 0 N–H and O–H groups in total. The third-order valence-corrected chi connectivity index (χ3v) is 5.88. The first-order chi connectivity index (χ1) is 13.7. The number of likely N-dealkylation sites (tertiary alicyclic amines) is 1. The average molecular weight is 383 g/mol. The fourth-order valence-corrected chi connectivity index (χ4v) is 4.16. The lowest BCUT2D eigenvalue weighted by atomic mass is 9.90. The number of amides is 1. The fraction of sp³-hybridized carbons (Fsp3) is 0.545. The number of rotatable bonds is 5. The lowest BCUT2D eigenvalue weighted by Crippen LogP contribution is -2.39. The molecule has 1 amide bonds. The topological polar surface area (TPSA) is 50.6 Å². The van der Waals surface area contributed by atoms with Gasteiger partial charge in [0.05, 0.1) is 19.5 Å². The van der Waals surface area contributed by atoms with Crippen LogP contribution in [0.25, 0.3) is 0 Å². The molecule has 150 valence electrons. The third kappa shape index (κ3) is 4.80. The van der Waals surface area contributed by atoms with Crippen molar-refractivity contribution in [3.63, 3.8) is 0 Å². The van der Waals surface area contributed by atoms with Crippen LogP contribution in [0.1, 0.15) is 34.5 Å². The van der Waals surface area contributed by atoms with Crippen molar-refractivity contribution in [1.29, 1.82) is 0 Å². The van der Waals surface area contributed by atoms with Crippen LogP contribution in [0.15, 0.2) is 36.8 Å². The molecule has 2 fully saturated rings. The molecular formula is C22H30N4O2. The van der Waals surface area contributed by atoms with Gasteiger partial charge in [0.15, 0.2) is 0 Å². The monoisotopic (exact) mass is 382 g/mol. The summed E-state index contributed by atoms with van der Waals surface area (Å²) < 4.78 is 7.24. The van der Waals surface area contributed by atoms with Gasteiger partial charge < -0.3 is 14.2 Å². The predicted molar refractivity (Wildman–Crippen MR) is 108 cm³/mol. The highest BCUT2D eigenvalue weighted by Crippen LogP contribution is 2.23. The number of aromatic nitrogens is 2. The van der Waals surface area contributed by atoms with Crippen LogP contribution < -0.4 is 0 Å². The summed E-state index contributed by atoms with van der Waals surface area (Å²) in [5.74, 6) is 0.712. The number of hydrogen-bond donors (Lipinski definition) is 0. The highest BCUT2D eigenvalue weighted by molar-refractivity contribution is 5.92. The molecule has 2 aliphatic heterocycles. The molecule has 2 aliphatic rings. The maximum absolute atomic E-state index is 12.5. The summed E-state index contributed by atoms with van der Waals surface area (Å²) in [4.78, 5) is 21.1. The number of ether oxygens (including phenoxy) is 1. The summed E-state index contributed by atoms with van der Waals surface area (Å²) in [5.41, 5.74) is 3.33. The van der Waals surface area contributed by atoms with Crippen molar-refractivity contribution in [2.45, 2.75) is 25.8 Å². The molecule has 4 rings (SSSR count). The van der Waals surface area contributed by atoms with Gasteiger partial charge in [0.2, 0.25) is 0 Å². The van der Waals surface area contributed by atoms with E-state index in [1.807, 2.05) is 16.5 Å². The summed E-state index contributed by atoms with van der Waals surface area (Å²) in [6.45, 7) is 6.41. The number of carbonyl (C=O) groups excluding carboxylic acids is 1. The summed E-state index contributed by atoms with van der Waals surface area (Å²) in [6.07, 6.45) is 6.71. The standard InChI is InChI=1S/C22H30N4O2/c1-24-16-21(23-17-24)22(27)26-8-6-19(7-9-26)14-18-2-4-20(5-3-18)15-25-10-12-28-13-11-25/h2-5,16-17,19H,6-15H2,1H3. The van der Waals surface area contributed by atoms with Gasteiger partial charge in [-0.3, -0.25) is 9.69 Å². The normalized spacial score (nSPS) is 19.1. The molecule has 0 spiro atoms. The second kappa shape index (κ2) is 8.88. The second-order valence-electron chi connectivity index (χ2n) is 8.07. The van der Waals surface area contributed by atoms with Gasteiger partial charge in [0.25, 0.3) is 5.91 Å². The van der Waals surface area contributed by atoms with Gasteiger partial charge in [-0.25, -0.2) is 4.98 Å². The lowest BCUT2D eigenvalue weighted by Gasteiger charge is -2.31. The summed E-state index contributed by atoms with van der Waals surface area (Å²) in [7, 11) is 1.89. The van der Waals surface area contributed by atoms with Crippen LogP contribution in [0.5, 0.6) is 0 Å². The lowest BCUT2D eigenvalue weighted by molar-refractivity contribution is 0.0342. The molecule has 6 nitrogen and oxygen atoms in total. The Morgan fingerprint density at radius 1 is 1.07 bits per heavy atom. The van der Waals surface area contributed by atoms with Crippen LogP contribution >= 0.6 is 0 Å². The molecule has 0 atom stereocenters. The van der Waals surface area contributed by atoms with E-state index in [0.29, 0.717) is 11.6 Å². The Morgan fingerprint density at radius 2 is 1.75 bits per heavy atom. The number of hydrogen-bond acceptors (Lipinski definition) is 4. The van der Waals surface area contributed by atoms with E-state index in [1.165, 1.54) is 11.1 Å². The van der Waals surface area contributed by atoms with E-state index in [2.05, 4.69) is 34.1 Å². The van der Waals surface area contributed by atoms with E-state index in [4.69, 9.17) is 4.74 Å². The molecule has 0 aliphatic carbocycles. The zero-order valence-electron chi connectivity index (χ0n) is 16.7. The maximum atomic E-state index is 12.5. The Kier molecular flexibility index (Phi) is 6.07. The summed E-state index contributed by atoms with van der Waals surface area (Å²) in [5, 5.41) is 0. The largest absolute Gasteiger partial charge is 0.379 e. The average Bonchev–Trinajstić information content (AvgIpc) is 3.17. The molecular weight excluding hydrogens is 352 g/mol. The zero-order chi connectivity index (χ0) is 19.3. The van der Waals surface area contributed by atoms with Gasteiger partial charge in [-0.2, -0.15) is 0 Å². The van der Waals surface area contributed by atoms with Gasteiger partial charge in [-0.05, 0) is 36.3 Å². The van der Waals surface area contributed by atoms with Crippen molar-refractivity contribution < 1.29 is 9.53 Å². The summed E-state index contributed by atoms with van der Waals surface area (Å²) in [6, 6.07) is 9.09. The molecule has 28 heavy (non-hydrogen) atoms. The minimum Gasteiger partial charge on any atom is -0.379 e. The first-order valence-corrected chi connectivity index (χ1v) is 10.3. The molecule has 2 saturated heterocycles. The Bertz CT molecular complexity index is 772. The number of benzene rings is 1. The van der Waals surface area contributed by atoms with Crippen LogP contribution in [0.4, 0.5) is 0 Å². The second-order valence-corrected chi connectivity index (χ2v) is 8.07. The van der Waals surface area contributed by atoms with Crippen LogP contribution in [-0.2, 0) is 24.8 Å². The summed E-state index contributed by atoms with van der Waals surface area (Å²) >= 11 is 0. The molecule has 2 aromatic rings. The molecule has 1 aromatic heterocycles. The molecule has 0 saturated carbocycles. The number of morpholine rings is 1. The van der Waals surface area contributed by atoms with Crippen LogP contribution in [0, 0.1) is 5.92 Å². The van der Waals surface area contributed by atoms with Crippen molar-refractivity contribution in [3.05, 3.63) is 53.6 Å². The van der Waals surface area contributed by atoms with Gasteiger partial charge >= 0.3 is 0 Å². The SMILES string of the molecule is Cn1cnc(C(=O)N2CCC(Cc3ccc(CN4CCOCC4)cc3)CC2)c1. The molecule has 6 heteroatoms. The van der Waals surface area contributed by atoms with Gasteiger partial charge in [-0.15, -0.1) is 0 Å². The van der Waals surface area contributed by atoms with Gasteiger partial charge in [-0.1, -0.05) is 24.3 Å².